The molecule has 0 unspecified atom stereocenters. The van der Waals surface area contributed by atoms with E-state index in [0.717, 1.165) is 4.90 Å². The molecule has 0 aliphatic carbocycles. The van der Waals surface area contributed by atoms with Gasteiger partial charge in [0.05, 0.1) is 29.7 Å². The molecule has 11 nitrogen and oxygen atoms in total. The Hall–Kier alpha value is -3.67. The third kappa shape index (κ3) is 4.58. The summed E-state index contributed by atoms with van der Waals surface area (Å²) in [7, 11) is 1.20. The van der Waals surface area contributed by atoms with Crippen LogP contribution in [0.25, 0.3) is 6.08 Å². The fourth-order valence-corrected chi connectivity index (χ4v) is 3.40. The molecule has 1 aromatic carbocycles. The van der Waals surface area contributed by atoms with E-state index >= 15 is 0 Å². The van der Waals surface area contributed by atoms with Crippen LogP contribution in [0, 0.1) is 10.1 Å². The number of furan rings is 1. The van der Waals surface area contributed by atoms with Crippen molar-refractivity contribution in [2.75, 3.05) is 13.7 Å². The molecule has 1 N–H and O–H groups in total. The first-order valence-corrected chi connectivity index (χ1v) is 9.66. The molecule has 0 bridgehead atoms. The second-order valence-electron chi connectivity index (χ2n) is 6.18. The number of nitrogens with zero attached hydrogens (tertiary/aromatic N) is 2. The molecule has 3 rings (SSSR count). The van der Waals surface area contributed by atoms with Crippen LogP contribution in [0.5, 0.6) is 5.75 Å². The molecule has 1 aromatic heterocycles. The summed E-state index contributed by atoms with van der Waals surface area (Å²) in [5, 5.41) is 13.8. The van der Waals surface area contributed by atoms with Gasteiger partial charge in [0, 0.05) is 6.07 Å². The number of halogens is 1. The number of urea groups is 1. The van der Waals surface area contributed by atoms with Crippen LogP contribution in [-0.4, -0.2) is 41.4 Å². The van der Waals surface area contributed by atoms with Crippen LogP contribution in [-0.2, 0) is 16.1 Å². The van der Waals surface area contributed by atoms with Crippen molar-refractivity contribution >= 4 is 45.6 Å². The molecule has 1 fully saturated rings. The topological polar surface area (TPSA) is 141 Å². The molecule has 2 heterocycles. The highest BCUT2D eigenvalue weighted by Crippen LogP contribution is 2.37. The Bertz CT molecular complexity index is 1110. The summed E-state index contributed by atoms with van der Waals surface area (Å²) in [6.45, 7) is 1.71. The Labute approximate surface area is 183 Å². The molecule has 0 atom stereocenters. The highest BCUT2D eigenvalue weighted by Gasteiger charge is 2.34. The zero-order valence-corrected chi connectivity index (χ0v) is 17.9. The minimum absolute atomic E-state index is 0.0631. The van der Waals surface area contributed by atoms with Crippen LogP contribution in [0.1, 0.15) is 28.8 Å². The van der Waals surface area contributed by atoms with Crippen LogP contribution in [0.3, 0.4) is 0 Å². The number of carbonyl (C=O) groups is 3. The number of imide groups is 1. The maximum atomic E-state index is 12.7. The second-order valence-corrected chi connectivity index (χ2v) is 7.03. The molecule has 3 amide bonds. The van der Waals surface area contributed by atoms with Gasteiger partial charge in [-0.1, -0.05) is 0 Å². The monoisotopic (exact) mass is 493 g/mol. The first kappa shape index (κ1) is 22.0. The quantitative estimate of drug-likeness (QED) is 0.203. The molecule has 0 radical (unpaired) electrons. The summed E-state index contributed by atoms with van der Waals surface area (Å²) in [4.78, 5) is 48.0. The van der Waals surface area contributed by atoms with Crippen LogP contribution >= 0.6 is 15.9 Å². The lowest BCUT2D eigenvalue weighted by atomic mass is 10.1. The number of carbonyl (C=O) groups excluding carboxylic acids is 3. The molecule has 1 aliphatic heterocycles. The normalized spacial score (nSPS) is 14.7. The highest BCUT2D eigenvalue weighted by molar-refractivity contribution is 9.10. The van der Waals surface area contributed by atoms with Gasteiger partial charge in [-0.2, -0.15) is 0 Å². The number of benzene rings is 1. The Morgan fingerprint density at radius 3 is 2.74 bits per heavy atom. The number of ether oxygens (including phenoxy) is 2. The summed E-state index contributed by atoms with van der Waals surface area (Å²) in [6, 6.07) is 4.88. The molecule has 162 valence electrons. The maximum absolute atomic E-state index is 12.7. The molecular formula is C19H16BrN3O8. The zero-order valence-electron chi connectivity index (χ0n) is 16.3. The minimum Gasteiger partial charge on any atom is -0.486 e. The highest BCUT2D eigenvalue weighted by atomic mass is 79.9. The summed E-state index contributed by atoms with van der Waals surface area (Å²) < 4.78 is 15.5. The predicted molar refractivity (Wildman–Crippen MR) is 109 cm³/mol. The van der Waals surface area contributed by atoms with Gasteiger partial charge in [0.15, 0.2) is 0 Å². The van der Waals surface area contributed by atoms with Crippen molar-refractivity contribution in [1.29, 1.82) is 0 Å². The van der Waals surface area contributed by atoms with Crippen LogP contribution < -0.4 is 10.1 Å². The van der Waals surface area contributed by atoms with Crippen LogP contribution in [0.4, 0.5) is 10.5 Å². The van der Waals surface area contributed by atoms with Gasteiger partial charge in [-0.05, 0) is 52.7 Å². The van der Waals surface area contributed by atoms with E-state index in [-0.39, 0.29) is 41.8 Å². The van der Waals surface area contributed by atoms with Crippen molar-refractivity contribution in [2.45, 2.75) is 13.5 Å². The lowest BCUT2D eigenvalue weighted by Crippen LogP contribution is -2.30. The zero-order chi connectivity index (χ0) is 22.7. The van der Waals surface area contributed by atoms with Gasteiger partial charge in [0.25, 0.3) is 5.91 Å². The number of hydrogen-bond donors (Lipinski definition) is 1. The Morgan fingerprint density at radius 1 is 1.35 bits per heavy atom. The summed E-state index contributed by atoms with van der Waals surface area (Å²) in [6.07, 6.45) is 1.32. The third-order valence-electron chi connectivity index (χ3n) is 4.17. The first-order chi connectivity index (χ1) is 14.7. The van der Waals surface area contributed by atoms with E-state index in [1.165, 1.54) is 37.5 Å². The number of hydrogen-bond acceptors (Lipinski definition) is 8. The fraction of sp³-hybridized carbons (Fsp3) is 0.211. The lowest BCUT2D eigenvalue weighted by molar-refractivity contribution is -0.385. The molecule has 0 spiro atoms. The summed E-state index contributed by atoms with van der Waals surface area (Å²) >= 11 is 3.23. The van der Waals surface area contributed by atoms with E-state index in [2.05, 4.69) is 26.0 Å². The van der Waals surface area contributed by atoms with Crippen molar-refractivity contribution in [3.63, 3.8) is 0 Å². The Morgan fingerprint density at radius 2 is 2.10 bits per heavy atom. The smallest absolute Gasteiger partial charge is 0.373 e. The molecule has 2 aromatic rings. The molecule has 0 saturated carbocycles. The first-order valence-electron chi connectivity index (χ1n) is 8.87. The van der Waals surface area contributed by atoms with Crippen molar-refractivity contribution in [3.8, 4) is 5.75 Å². The van der Waals surface area contributed by atoms with Crippen molar-refractivity contribution < 1.29 is 33.2 Å². The van der Waals surface area contributed by atoms with Gasteiger partial charge < -0.3 is 19.2 Å². The van der Waals surface area contributed by atoms with Gasteiger partial charge in [-0.3, -0.25) is 19.8 Å². The van der Waals surface area contributed by atoms with E-state index < -0.39 is 22.8 Å². The number of rotatable bonds is 7. The maximum Gasteiger partial charge on any atom is 0.373 e. The predicted octanol–water partition coefficient (Wildman–Crippen LogP) is 3.23. The van der Waals surface area contributed by atoms with E-state index in [1.807, 2.05) is 0 Å². The fourth-order valence-electron chi connectivity index (χ4n) is 2.82. The van der Waals surface area contributed by atoms with E-state index in [9.17, 15) is 24.5 Å². The van der Waals surface area contributed by atoms with E-state index in [0.29, 0.717) is 10.0 Å². The Balaban J connectivity index is 1.85. The summed E-state index contributed by atoms with van der Waals surface area (Å²) in [5.41, 5.74) is -0.0590. The minimum atomic E-state index is -0.702. The molecule has 31 heavy (non-hydrogen) atoms. The van der Waals surface area contributed by atoms with Gasteiger partial charge in [-0.15, -0.1) is 0 Å². The largest absolute Gasteiger partial charge is 0.486 e. The van der Waals surface area contributed by atoms with Crippen molar-refractivity contribution in [3.05, 3.63) is 61.6 Å². The van der Waals surface area contributed by atoms with Crippen LogP contribution in [0.15, 0.2) is 38.9 Å². The molecule has 1 aliphatic rings. The van der Waals surface area contributed by atoms with Crippen LogP contribution in [0.2, 0.25) is 0 Å². The summed E-state index contributed by atoms with van der Waals surface area (Å²) in [5.74, 6) is -1.14. The average Bonchev–Trinajstić information content (AvgIpc) is 3.29. The third-order valence-corrected chi connectivity index (χ3v) is 4.76. The second kappa shape index (κ2) is 9.00. The number of methoxy groups -OCH3 is 1. The SMILES string of the molecule is CCOc1c(Br)cc(C=C2NC(=O)N(Cc3ccc(C(=O)OC)o3)C2=O)cc1[N+](=O)[O-]. The van der Waals surface area contributed by atoms with Gasteiger partial charge in [-0.25, -0.2) is 9.59 Å². The van der Waals surface area contributed by atoms with Crippen molar-refractivity contribution in [1.82, 2.24) is 10.2 Å². The number of esters is 1. The number of nitro groups is 1. The molecular weight excluding hydrogens is 478 g/mol. The lowest BCUT2D eigenvalue weighted by Gasteiger charge is -2.09. The van der Waals surface area contributed by atoms with E-state index in [1.54, 1.807) is 6.92 Å². The van der Waals surface area contributed by atoms with Gasteiger partial charge in [0.1, 0.15) is 11.5 Å². The van der Waals surface area contributed by atoms with Gasteiger partial charge in [0.2, 0.25) is 11.5 Å². The van der Waals surface area contributed by atoms with E-state index in [4.69, 9.17) is 9.15 Å². The number of nitro benzene ring substituents is 1. The van der Waals surface area contributed by atoms with Crippen molar-refractivity contribution in [2.24, 2.45) is 0 Å². The Kier molecular flexibility index (Phi) is 6.39. The average molecular weight is 494 g/mol. The molecule has 12 heteroatoms. The standard InChI is InChI=1S/C19H16BrN3O8/c1-3-30-16-12(20)6-10(8-14(16)23(27)28)7-13-17(24)22(19(26)21-13)9-11-4-5-15(31-11)18(25)29-2/h4-8H,3,9H2,1-2H3,(H,21,26). The number of nitrogens with one attached hydrogen (secondary N) is 1. The number of amides is 3. The molecule has 1 saturated heterocycles. The van der Waals surface area contributed by atoms with Gasteiger partial charge >= 0.3 is 17.7 Å².